The lowest BCUT2D eigenvalue weighted by Crippen LogP contribution is -2.39. The normalized spacial score (nSPS) is 18.9. The zero-order valence-electron chi connectivity index (χ0n) is 12.6. The van der Waals surface area contributed by atoms with Crippen LogP contribution in [0.1, 0.15) is 50.0 Å². The van der Waals surface area contributed by atoms with Crippen molar-refractivity contribution in [2.45, 2.75) is 39.5 Å². The molecule has 0 saturated carbocycles. The lowest BCUT2D eigenvalue weighted by Gasteiger charge is -2.30. The summed E-state index contributed by atoms with van der Waals surface area (Å²) in [6, 6.07) is 3.78. The molecular formula is C16H25N3O. The van der Waals surface area contributed by atoms with Crippen LogP contribution in [0.15, 0.2) is 18.3 Å². The van der Waals surface area contributed by atoms with Crippen LogP contribution < -0.4 is 5.32 Å². The minimum Gasteiger partial charge on any atom is -0.384 e. The molecule has 1 atom stereocenters. The number of unbranched alkanes of at least 4 members (excludes halogenated alkanes) is 1. The van der Waals surface area contributed by atoms with E-state index in [4.69, 9.17) is 0 Å². The molecule has 1 amide bonds. The number of carbonyl (C=O) groups is 1. The van der Waals surface area contributed by atoms with Gasteiger partial charge in [0.2, 0.25) is 0 Å². The lowest BCUT2D eigenvalue weighted by molar-refractivity contribution is 0.0677. The number of nitrogens with zero attached hydrogens (tertiary/aromatic N) is 2. The summed E-state index contributed by atoms with van der Waals surface area (Å²) in [7, 11) is 0. The van der Waals surface area contributed by atoms with E-state index in [1.165, 1.54) is 12.8 Å². The average Bonchev–Trinajstić information content (AvgIpc) is 2.47. The number of piperidine rings is 1. The van der Waals surface area contributed by atoms with Gasteiger partial charge in [0.1, 0.15) is 5.69 Å². The summed E-state index contributed by atoms with van der Waals surface area (Å²) in [6.07, 6.45) is 6.40. The van der Waals surface area contributed by atoms with Crippen LogP contribution in [0.5, 0.6) is 0 Å². The van der Waals surface area contributed by atoms with E-state index in [1.807, 2.05) is 17.0 Å². The summed E-state index contributed by atoms with van der Waals surface area (Å²) >= 11 is 0. The Labute approximate surface area is 121 Å². The fraction of sp³-hybridized carbons (Fsp3) is 0.625. The van der Waals surface area contributed by atoms with Crippen molar-refractivity contribution in [3.05, 3.63) is 24.0 Å². The molecule has 1 N–H and O–H groups in total. The van der Waals surface area contributed by atoms with Crippen molar-refractivity contribution >= 4 is 11.6 Å². The molecule has 0 aliphatic carbocycles. The maximum atomic E-state index is 12.4. The first-order chi connectivity index (χ1) is 9.70. The molecule has 20 heavy (non-hydrogen) atoms. The SMILES string of the molecule is CCCCNc1ccc(C(=O)N2CCCC(C)C2)nc1. The van der Waals surface area contributed by atoms with Crippen molar-refractivity contribution < 1.29 is 4.79 Å². The maximum absolute atomic E-state index is 12.4. The monoisotopic (exact) mass is 275 g/mol. The van der Waals surface area contributed by atoms with Gasteiger partial charge in [-0.25, -0.2) is 4.98 Å². The van der Waals surface area contributed by atoms with E-state index in [-0.39, 0.29) is 5.91 Å². The molecule has 0 bridgehead atoms. The molecule has 1 aliphatic rings. The molecule has 4 heteroatoms. The number of likely N-dealkylation sites (tertiary alicyclic amines) is 1. The Hall–Kier alpha value is -1.58. The van der Waals surface area contributed by atoms with Gasteiger partial charge in [0, 0.05) is 19.6 Å². The van der Waals surface area contributed by atoms with Gasteiger partial charge < -0.3 is 10.2 Å². The Kier molecular flexibility index (Phi) is 5.39. The van der Waals surface area contributed by atoms with E-state index in [9.17, 15) is 4.79 Å². The molecule has 0 radical (unpaired) electrons. The van der Waals surface area contributed by atoms with Crippen LogP contribution in [0.25, 0.3) is 0 Å². The second kappa shape index (κ2) is 7.27. The summed E-state index contributed by atoms with van der Waals surface area (Å²) in [6.45, 7) is 7.04. The predicted molar refractivity (Wildman–Crippen MR) is 81.9 cm³/mol. The molecule has 4 nitrogen and oxygen atoms in total. The number of anilines is 1. The smallest absolute Gasteiger partial charge is 0.272 e. The van der Waals surface area contributed by atoms with Gasteiger partial charge >= 0.3 is 0 Å². The molecule has 1 saturated heterocycles. The first-order valence-electron chi connectivity index (χ1n) is 7.70. The third-order valence-corrected chi connectivity index (χ3v) is 3.79. The fourth-order valence-electron chi connectivity index (χ4n) is 2.57. The first kappa shape index (κ1) is 14.8. The quantitative estimate of drug-likeness (QED) is 0.840. The predicted octanol–water partition coefficient (Wildman–Crippen LogP) is 3.17. The van der Waals surface area contributed by atoms with Gasteiger partial charge in [-0.05, 0) is 37.3 Å². The Bertz CT molecular complexity index is 430. The summed E-state index contributed by atoms with van der Waals surface area (Å²) in [5.41, 5.74) is 1.54. The molecule has 1 aromatic heterocycles. The van der Waals surface area contributed by atoms with Gasteiger partial charge in [0.05, 0.1) is 11.9 Å². The minimum atomic E-state index is 0.0664. The number of aromatic nitrogens is 1. The lowest BCUT2D eigenvalue weighted by atomic mass is 10.00. The number of nitrogens with one attached hydrogen (secondary N) is 1. The van der Waals surface area contributed by atoms with Crippen molar-refractivity contribution in [3.63, 3.8) is 0 Å². The van der Waals surface area contributed by atoms with E-state index < -0.39 is 0 Å². The second-order valence-electron chi connectivity index (χ2n) is 5.71. The summed E-state index contributed by atoms with van der Waals surface area (Å²) in [5.74, 6) is 0.666. The second-order valence-corrected chi connectivity index (χ2v) is 5.71. The van der Waals surface area contributed by atoms with Crippen molar-refractivity contribution in [2.24, 2.45) is 5.92 Å². The molecule has 0 spiro atoms. The first-order valence-corrected chi connectivity index (χ1v) is 7.70. The molecule has 1 unspecified atom stereocenters. The summed E-state index contributed by atoms with van der Waals surface area (Å²) in [5, 5.41) is 3.31. The van der Waals surface area contributed by atoms with Gasteiger partial charge in [-0.1, -0.05) is 20.3 Å². The zero-order chi connectivity index (χ0) is 14.4. The van der Waals surface area contributed by atoms with Crippen molar-refractivity contribution in [2.75, 3.05) is 25.0 Å². The largest absolute Gasteiger partial charge is 0.384 e. The van der Waals surface area contributed by atoms with E-state index in [1.54, 1.807) is 6.20 Å². The van der Waals surface area contributed by atoms with E-state index in [2.05, 4.69) is 24.1 Å². The third kappa shape index (κ3) is 3.95. The highest BCUT2D eigenvalue weighted by Crippen LogP contribution is 2.17. The van der Waals surface area contributed by atoms with Gasteiger partial charge in [-0.3, -0.25) is 4.79 Å². The van der Waals surface area contributed by atoms with Gasteiger partial charge in [0.15, 0.2) is 0 Å². The molecule has 1 aromatic rings. The number of pyridine rings is 1. The highest BCUT2D eigenvalue weighted by atomic mass is 16.2. The Morgan fingerprint density at radius 1 is 1.50 bits per heavy atom. The zero-order valence-corrected chi connectivity index (χ0v) is 12.6. The number of carbonyl (C=O) groups excluding carboxylic acids is 1. The third-order valence-electron chi connectivity index (χ3n) is 3.79. The number of amides is 1. The van der Waals surface area contributed by atoms with Crippen LogP contribution in [-0.2, 0) is 0 Å². The highest BCUT2D eigenvalue weighted by Gasteiger charge is 2.22. The van der Waals surface area contributed by atoms with Crippen LogP contribution in [0.2, 0.25) is 0 Å². The van der Waals surface area contributed by atoms with Gasteiger partial charge in [0.25, 0.3) is 5.91 Å². The van der Waals surface area contributed by atoms with Crippen molar-refractivity contribution in [1.29, 1.82) is 0 Å². The number of rotatable bonds is 5. The molecule has 2 heterocycles. The molecule has 1 fully saturated rings. The molecule has 0 aromatic carbocycles. The van der Waals surface area contributed by atoms with Crippen LogP contribution in [-0.4, -0.2) is 35.4 Å². The van der Waals surface area contributed by atoms with Crippen LogP contribution in [0.3, 0.4) is 0 Å². The standard InChI is InChI=1S/C16H25N3O/c1-3-4-9-17-14-7-8-15(18-11-14)16(20)19-10-5-6-13(2)12-19/h7-8,11,13,17H,3-6,9-10,12H2,1-2H3. The minimum absolute atomic E-state index is 0.0664. The number of hydrogen-bond acceptors (Lipinski definition) is 3. The molecular weight excluding hydrogens is 250 g/mol. The highest BCUT2D eigenvalue weighted by molar-refractivity contribution is 5.92. The topological polar surface area (TPSA) is 45.2 Å². The summed E-state index contributed by atoms with van der Waals surface area (Å²) in [4.78, 5) is 18.6. The molecule has 2 rings (SSSR count). The Morgan fingerprint density at radius 3 is 3.00 bits per heavy atom. The Morgan fingerprint density at radius 2 is 2.35 bits per heavy atom. The van der Waals surface area contributed by atoms with E-state index in [0.29, 0.717) is 11.6 Å². The van der Waals surface area contributed by atoms with Crippen molar-refractivity contribution in [3.8, 4) is 0 Å². The average molecular weight is 275 g/mol. The molecule has 1 aliphatic heterocycles. The van der Waals surface area contributed by atoms with E-state index in [0.717, 1.165) is 38.2 Å². The van der Waals surface area contributed by atoms with Gasteiger partial charge in [-0.15, -0.1) is 0 Å². The number of hydrogen-bond donors (Lipinski definition) is 1. The van der Waals surface area contributed by atoms with Crippen LogP contribution in [0.4, 0.5) is 5.69 Å². The fourth-order valence-corrected chi connectivity index (χ4v) is 2.57. The van der Waals surface area contributed by atoms with Crippen LogP contribution in [0, 0.1) is 5.92 Å². The maximum Gasteiger partial charge on any atom is 0.272 e. The van der Waals surface area contributed by atoms with Gasteiger partial charge in [-0.2, -0.15) is 0 Å². The van der Waals surface area contributed by atoms with Crippen molar-refractivity contribution in [1.82, 2.24) is 9.88 Å². The molecule has 110 valence electrons. The van der Waals surface area contributed by atoms with Crippen LogP contribution >= 0.6 is 0 Å². The Balaban J connectivity index is 1.93. The van der Waals surface area contributed by atoms with E-state index >= 15 is 0 Å². The summed E-state index contributed by atoms with van der Waals surface area (Å²) < 4.78 is 0.